The predicted molar refractivity (Wildman–Crippen MR) is 76.8 cm³/mol. The molecule has 2 N–H and O–H groups in total. The maximum Gasteiger partial charge on any atom is 0.234 e. The van der Waals surface area contributed by atoms with E-state index in [1.165, 1.54) is 0 Å². The van der Waals surface area contributed by atoms with Crippen LogP contribution in [0.5, 0.6) is 0 Å². The fourth-order valence-electron chi connectivity index (χ4n) is 2.03. The largest absolute Gasteiger partial charge is 0.395 e. The van der Waals surface area contributed by atoms with Gasteiger partial charge < -0.3 is 10.4 Å². The van der Waals surface area contributed by atoms with Crippen molar-refractivity contribution in [3.05, 3.63) is 35.9 Å². The number of carbonyl (C=O) groups is 1. The van der Waals surface area contributed by atoms with E-state index < -0.39 is 0 Å². The average Bonchev–Trinajstić information content (AvgIpc) is 2.39. The molecule has 0 aliphatic rings. The van der Waals surface area contributed by atoms with Crippen LogP contribution in [0.3, 0.4) is 0 Å². The summed E-state index contributed by atoms with van der Waals surface area (Å²) in [5.74, 6) is -0.00162. The summed E-state index contributed by atoms with van der Waals surface area (Å²) in [5, 5.41) is 11.9. The summed E-state index contributed by atoms with van der Waals surface area (Å²) in [4.78, 5) is 13.8. The number of benzene rings is 1. The van der Waals surface area contributed by atoms with Gasteiger partial charge in [-0.2, -0.15) is 0 Å². The van der Waals surface area contributed by atoms with Crippen LogP contribution in [0.2, 0.25) is 0 Å². The lowest BCUT2D eigenvalue weighted by molar-refractivity contribution is -0.122. The quantitative estimate of drug-likeness (QED) is 0.749. The third-order valence-electron chi connectivity index (χ3n) is 3.01. The van der Waals surface area contributed by atoms with Crippen LogP contribution < -0.4 is 5.32 Å². The summed E-state index contributed by atoms with van der Waals surface area (Å²) >= 11 is 0. The van der Waals surface area contributed by atoms with Gasteiger partial charge in [-0.25, -0.2) is 0 Å². The minimum absolute atomic E-state index is 0.00162. The Morgan fingerprint density at radius 1 is 1.37 bits per heavy atom. The van der Waals surface area contributed by atoms with Gasteiger partial charge in [0.05, 0.1) is 19.2 Å². The summed E-state index contributed by atoms with van der Waals surface area (Å²) in [6.45, 7) is 3.01. The number of nitrogens with zero attached hydrogens (tertiary/aromatic N) is 1. The molecular weight excluding hydrogens is 240 g/mol. The monoisotopic (exact) mass is 264 g/mol. The van der Waals surface area contributed by atoms with Gasteiger partial charge in [0.1, 0.15) is 0 Å². The van der Waals surface area contributed by atoms with Crippen molar-refractivity contribution in [2.24, 2.45) is 0 Å². The van der Waals surface area contributed by atoms with Crippen LogP contribution in [0.1, 0.15) is 31.4 Å². The van der Waals surface area contributed by atoms with Gasteiger partial charge in [0.15, 0.2) is 0 Å². The molecule has 1 amide bonds. The van der Waals surface area contributed by atoms with E-state index in [9.17, 15) is 4.79 Å². The van der Waals surface area contributed by atoms with Crippen molar-refractivity contribution in [1.29, 1.82) is 0 Å². The summed E-state index contributed by atoms with van der Waals surface area (Å²) in [7, 11) is 1.83. The summed E-state index contributed by atoms with van der Waals surface area (Å²) in [6.07, 6.45) is 1.95. The molecule has 19 heavy (non-hydrogen) atoms. The normalized spacial score (nSPS) is 12.4. The Morgan fingerprint density at radius 2 is 2.05 bits per heavy atom. The molecule has 0 aliphatic heterocycles. The third kappa shape index (κ3) is 5.85. The van der Waals surface area contributed by atoms with Gasteiger partial charge >= 0.3 is 0 Å². The molecule has 0 radical (unpaired) electrons. The molecule has 0 saturated heterocycles. The number of amides is 1. The Morgan fingerprint density at radius 3 is 2.63 bits per heavy atom. The maximum atomic E-state index is 12.0. The van der Waals surface area contributed by atoms with E-state index >= 15 is 0 Å². The second-order valence-corrected chi connectivity index (χ2v) is 4.78. The van der Waals surface area contributed by atoms with E-state index in [1.807, 2.05) is 42.3 Å². The van der Waals surface area contributed by atoms with Crippen LogP contribution in [0.4, 0.5) is 0 Å². The first-order valence-corrected chi connectivity index (χ1v) is 6.81. The number of likely N-dealkylation sites (N-methyl/N-ethyl adjacent to an activating group) is 1. The molecule has 106 valence electrons. The minimum Gasteiger partial charge on any atom is -0.395 e. The van der Waals surface area contributed by atoms with Crippen molar-refractivity contribution in [3.8, 4) is 0 Å². The Bertz CT molecular complexity index is 368. The number of hydrogen-bond acceptors (Lipinski definition) is 3. The molecule has 0 spiro atoms. The van der Waals surface area contributed by atoms with Gasteiger partial charge in [0.2, 0.25) is 5.91 Å². The first-order chi connectivity index (χ1) is 9.17. The van der Waals surface area contributed by atoms with Crippen molar-refractivity contribution < 1.29 is 9.90 Å². The third-order valence-corrected chi connectivity index (χ3v) is 3.01. The van der Waals surface area contributed by atoms with E-state index in [0.717, 1.165) is 18.4 Å². The highest BCUT2D eigenvalue weighted by Gasteiger charge is 2.14. The van der Waals surface area contributed by atoms with E-state index in [4.69, 9.17) is 5.11 Å². The van der Waals surface area contributed by atoms with E-state index in [-0.39, 0.29) is 18.6 Å². The highest BCUT2D eigenvalue weighted by atomic mass is 16.3. The number of aliphatic hydroxyl groups is 1. The highest BCUT2D eigenvalue weighted by molar-refractivity contribution is 5.78. The highest BCUT2D eigenvalue weighted by Crippen LogP contribution is 2.17. The molecule has 0 aliphatic carbocycles. The fourth-order valence-corrected chi connectivity index (χ4v) is 2.03. The molecule has 1 aromatic rings. The van der Waals surface area contributed by atoms with Gasteiger partial charge in [-0.1, -0.05) is 43.7 Å². The second kappa shape index (κ2) is 8.67. The van der Waals surface area contributed by atoms with Crippen LogP contribution >= 0.6 is 0 Å². The zero-order valence-corrected chi connectivity index (χ0v) is 11.8. The molecule has 0 fully saturated rings. The first kappa shape index (κ1) is 15.7. The molecule has 1 atom stereocenters. The van der Waals surface area contributed by atoms with Crippen molar-refractivity contribution in [1.82, 2.24) is 10.2 Å². The van der Waals surface area contributed by atoms with Gasteiger partial charge in [0, 0.05) is 6.54 Å². The molecule has 0 aromatic heterocycles. The maximum absolute atomic E-state index is 12.0. The summed E-state index contributed by atoms with van der Waals surface area (Å²) in [5.41, 5.74) is 1.14. The molecule has 4 nitrogen and oxygen atoms in total. The summed E-state index contributed by atoms with van der Waals surface area (Å²) < 4.78 is 0. The predicted octanol–water partition coefficient (Wildman–Crippen LogP) is 1.57. The molecule has 1 aromatic carbocycles. The SMILES string of the molecule is CCCC(NC(=O)CN(C)CCO)c1ccccc1. The molecule has 1 rings (SSSR count). The van der Waals surface area contributed by atoms with Gasteiger partial charge in [-0.05, 0) is 19.0 Å². The number of carbonyl (C=O) groups excluding carboxylic acids is 1. The second-order valence-electron chi connectivity index (χ2n) is 4.78. The Kier molecular flexibility index (Phi) is 7.15. The van der Waals surface area contributed by atoms with Crippen LogP contribution in [-0.4, -0.2) is 42.7 Å². The van der Waals surface area contributed by atoms with Gasteiger partial charge in [-0.3, -0.25) is 9.69 Å². The Labute approximate surface area is 115 Å². The lowest BCUT2D eigenvalue weighted by Gasteiger charge is -2.21. The fraction of sp³-hybridized carbons (Fsp3) is 0.533. The van der Waals surface area contributed by atoms with Crippen LogP contribution in [0.15, 0.2) is 30.3 Å². The van der Waals surface area contributed by atoms with Crippen molar-refractivity contribution in [3.63, 3.8) is 0 Å². The zero-order chi connectivity index (χ0) is 14.1. The lowest BCUT2D eigenvalue weighted by Crippen LogP contribution is -2.38. The lowest BCUT2D eigenvalue weighted by atomic mass is 10.0. The van der Waals surface area contributed by atoms with Crippen molar-refractivity contribution in [2.75, 3.05) is 26.7 Å². The van der Waals surface area contributed by atoms with Crippen LogP contribution in [-0.2, 0) is 4.79 Å². The smallest absolute Gasteiger partial charge is 0.234 e. The van der Waals surface area contributed by atoms with Crippen molar-refractivity contribution in [2.45, 2.75) is 25.8 Å². The first-order valence-electron chi connectivity index (χ1n) is 6.81. The standard InChI is InChI=1S/C15H24N2O2/c1-3-7-14(13-8-5-4-6-9-13)16-15(19)12-17(2)10-11-18/h4-6,8-9,14,18H,3,7,10-12H2,1-2H3,(H,16,19). The van der Waals surface area contributed by atoms with E-state index in [2.05, 4.69) is 12.2 Å². The number of rotatable bonds is 8. The minimum atomic E-state index is -0.00162. The molecule has 0 bridgehead atoms. The number of nitrogens with one attached hydrogen (secondary N) is 1. The Hall–Kier alpha value is -1.39. The molecular formula is C15H24N2O2. The van der Waals surface area contributed by atoms with Crippen LogP contribution in [0.25, 0.3) is 0 Å². The number of hydrogen-bond donors (Lipinski definition) is 2. The topological polar surface area (TPSA) is 52.6 Å². The van der Waals surface area contributed by atoms with Gasteiger partial charge in [0.25, 0.3) is 0 Å². The zero-order valence-electron chi connectivity index (χ0n) is 11.8. The van der Waals surface area contributed by atoms with Crippen molar-refractivity contribution >= 4 is 5.91 Å². The van der Waals surface area contributed by atoms with Crippen LogP contribution in [0, 0.1) is 0 Å². The number of aliphatic hydroxyl groups excluding tert-OH is 1. The van der Waals surface area contributed by atoms with E-state index in [1.54, 1.807) is 0 Å². The summed E-state index contributed by atoms with van der Waals surface area (Å²) in [6, 6.07) is 10.1. The molecule has 4 heteroatoms. The molecule has 1 unspecified atom stereocenters. The molecule has 0 saturated carbocycles. The van der Waals surface area contributed by atoms with Gasteiger partial charge in [-0.15, -0.1) is 0 Å². The van der Waals surface area contributed by atoms with E-state index in [0.29, 0.717) is 13.1 Å². The Balaban J connectivity index is 2.56. The molecule has 0 heterocycles. The average molecular weight is 264 g/mol.